The lowest BCUT2D eigenvalue weighted by molar-refractivity contribution is 0.0954. The van der Waals surface area contributed by atoms with Gasteiger partial charge in [0.25, 0.3) is 5.91 Å². The molecule has 0 aliphatic carbocycles. The maximum atomic E-state index is 11.5. The SMILES string of the molecule is CNC(=O)c1c(Cl)cc2n1CC=C=C2. The number of hydrogen-bond acceptors (Lipinski definition) is 1. The lowest BCUT2D eigenvalue weighted by atomic mass is 10.3. The number of rotatable bonds is 1. The summed E-state index contributed by atoms with van der Waals surface area (Å²) < 4.78 is 1.86. The first-order valence-electron chi connectivity index (χ1n) is 4.26. The highest BCUT2D eigenvalue weighted by atomic mass is 35.5. The van der Waals surface area contributed by atoms with Crippen LogP contribution in [0.5, 0.6) is 0 Å². The highest BCUT2D eigenvalue weighted by Crippen LogP contribution is 2.23. The molecule has 2 rings (SSSR count). The zero-order valence-corrected chi connectivity index (χ0v) is 8.43. The first kappa shape index (κ1) is 9.13. The molecule has 1 aromatic rings. The Bertz CT molecular complexity index is 453. The van der Waals surface area contributed by atoms with Crippen molar-refractivity contribution in [1.82, 2.24) is 9.88 Å². The smallest absolute Gasteiger partial charge is 0.269 e. The minimum Gasteiger partial charge on any atom is -0.354 e. The molecule has 1 aliphatic heterocycles. The Morgan fingerprint density at radius 2 is 2.50 bits per heavy atom. The molecule has 0 radical (unpaired) electrons. The van der Waals surface area contributed by atoms with Crippen molar-refractivity contribution >= 4 is 23.6 Å². The zero-order valence-electron chi connectivity index (χ0n) is 7.67. The van der Waals surface area contributed by atoms with E-state index in [4.69, 9.17) is 11.6 Å². The van der Waals surface area contributed by atoms with Crippen molar-refractivity contribution < 1.29 is 4.79 Å². The molecule has 4 heteroatoms. The van der Waals surface area contributed by atoms with Crippen LogP contribution in [0.3, 0.4) is 0 Å². The third kappa shape index (κ3) is 1.27. The van der Waals surface area contributed by atoms with Crippen LogP contribution in [-0.4, -0.2) is 17.5 Å². The molecule has 3 nitrogen and oxygen atoms in total. The Hall–Kier alpha value is -1.44. The van der Waals surface area contributed by atoms with E-state index in [1.165, 1.54) is 0 Å². The number of fused-ring (bicyclic) bond motifs is 1. The average Bonchev–Trinajstić information content (AvgIpc) is 2.53. The minimum absolute atomic E-state index is 0.162. The third-order valence-electron chi connectivity index (χ3n) is 2.15. The molecule has 0 saturated heterocycles. The summed E-state index contributed by atoms with van der Waals surface area (Å²) in [5.41, 5.74) is 4.40. The third-order valence-corrected chi connectivity index (χ3v) is 2.44. The molecule has 1 N–H and O–H groups in total. The Labute approximate surface area is 86.7 Å². The molecule has 0 aromatic carbocycles. The van der Waals surface area contributed by atoms with Gasteiger partial charge in [-0.3, -0.25) is 4.79 Å². The number of amides is 1. The van der Waals surface area contributed by atoms with Gasteiger partial charge in [-0.15, -0.1) is 5.73 Å². The van der Waals surface area contributed by atoms with Crippen molar-refractivity contribution in [3.8, 4) is 0 Å². The van der Waals surface area contributed by atoms with Gasteiger partial charge in [0, 0.05) is 19.7 Å². The highest BCUT2D eigenvalue weighted by molar-refractivity contribution is 6.33. The normalized spacial score (nSPS) is 12.7. The number of carbonyl (C=O) groups is 1. The Morgan fingerprint density at radius 1 is 1.71 bits per heavy atom. The summed E-state index contributed by atoms with van der Waals surface area (Å²) in [7, 11) is 1.59. The largest absolute Gasteiger partial charge is 0.354 e. The van der Waals surface area contributed by atoms with E-state index in [1.807, 2.05) is 16.7 Å². The first-order chi connectivity index (χ1) is 6.74. The van der Waals surface area contributed by atoms with E-state index in [0.29, 0.717) is 17.3 Å². The molecule has 0 fully saturated rings. The summed E-state index contributed by atoms with van der Waals surface area (Å²) in [6.07, 6.45) is 3.66. The number of nitrogens with one attached hydrogen (secondary N) is 1. The number of halogens is 1. The Balaban J connectivity index is 2.57. The Morgan fingerprint density at radius 3 is 3.21 bits per heavy atom. The zero-order chi connectivity index (χ0) is 10.1. The summed E-state index contributed by atoms with van der Waals surface area (Å²) >= 11 is 5.97. The fourth-order valence-electron chi connectivity index (χ4n) is 1.49. The van der Waals surface area contributed by atoms with Gasteiger partial charge < -0.3 is 9.88 Å². The monoisotopic (exact) mass is 208 g/mol. The van der Waals surface area contributed by atoms with Gasteiger partial charge in [-0.1, -0.05) is 11.6 Å². The first-order valence-corrected chi connectivity index (χ1v) is 4.64. The fraction of sp³-hybridized carbons (Fsp3) is 0.200. The molecular formula is C10H9ClN2O. The highest BCUT2D eigenvalue weighted by Gasteiger charge is 2.18. The van der Waals surface area contributed by atoms with E-state index in [-0.39, 0.29) is 5.91 Å². The topological polar surface area (TPSA) is 34.0 Å². The van der Waals surface area contributed by atoms with E-state index < -0.39 is 0 Å². The maximum Gasteiger partial charge on any atom is 0.269 e. The van der Waals surface area contributed by atoms with E-state index in [2.05, 4.69) is 11.0 Å². The quantitative estimate of drug-likeness (QED) is 0.701. The molecule has 0 bridgehead atoms. The Kier molecular flexibility index (Phi) is 2.20. The average molecular weight is 209 g/mol. The molecule has 0 atom stereocenters. The van der Waals surface area contributed by atoms with Crippen molar-refractivity contribution in [2.24, 2.45) is 0 Å². The van der Waals surface area contributed by atoms with Crippen LogP contribution in [0, 0.1) is 0 Å². The van der Waals surface area contributed by atoms with E-state index in [1.54, 1.807) is 13.1 Å². The molecule has 0 spiro atoms. The second-order valence-electron chi connectivity index (χ2n) is 2.97. The van der Waals surface area contributed by atoms with Crippen molar-refractivity contribution in [2.45, 2.75) is 6.54 Å². The van der Waals surface area contributed by atoms with Crippen molar-refractivity contribution in [1.29, 1.82) is 0 Å². The van der Waals surface area contributed by atoms with Crippen LogP contribution in [0.1, 0.15) is 16.2 Å². The van der Waals surface area contributed by atoms with Gasteiger partial charge in [0.1, 0.15) is 5.69 Å². The molecule has 0 saturated carbocycles. The molecule has 14 heavy (non-hydrogen) atoms. The summed E-state index contributed by atoms with van der Waals surface area (Å²) in [6, 6.07) is 1.77. The fourth-order valence-corrected chi connectivity index (χ4v) is 1.79. The van der Waals surface area contributed by atoms with Crippen LogP contribution in [0.15, 0.2) is 17.9 Å². The van der Waals surface area contributed by atoms with E-state index >= 15 is 0 Å². The van der Waals surface area contributed by atoms with Crippen LogP contribution >= 0.6 is 11.6 Å². The molecule has 1 aliphatic rings. The lowest BCUT2D eigenvalue weighted by Crippen LogP contribution is -2.22. The molecule has 0 unspecified atom stereocenters. The number of carbonyl (C=O) groups excluding carboxylic acids is 1. The number of aromatic nitrogens is 1. The van der Waals surface area contributed by atoms with Gasteiger partial charge in [0.2, 0.25) is 0 Å². The van der Waals surface area contributed by atoms with Crippen molar-refractivity contribution in [3.05, 3.63) is 34.3 Å². The van der Waals surface area contributed by atoms with Crippen molar-refractivity contribution in [3.63, 3.8) is 0 Å². The molecule has 72 valence electrons. The number of allylic oxidation sites excluding steroid dienone is 1. The molecule has 2 heterocycles. The van der Waals surface area contributed by atoms with Crippen LogP contribution < -0.4 is 5.32 Å². The van der Waals surface area contributed by atoms with Crippen molar-refractivity contribution in [2.75, 3.05) is 7.05 Å². The molecule has 1 amide bonds. The second-order valence-corrected chi connectivity index (χ2v) is 3.38. The van der Waals surface area contributed by atoms with Gasteiger partial charge >= 0.3 is 0 Å². The minimum atomic E-state index is -0.162. The van der Waals surface area contributed by atoms with Crippen LogP contribution in [0.2, 0.25) is 5.02 Å². The van der Waals surface area contributed by atoms with Gasteiger partial charge in [-0.05, 0) is 12.1 Å². The summed E-state index contributed by atoms with van der Waals surface area (Å²) in [5.74, 6) is -0.162. The molecular weight excluding hydrogens is 200 g/mol. The summed E-state index contributed by atoms with van der Waals surface area (Å²) in [6.45, 7) is 0.640. The summed E-state index contributed by atoms with van der Waals surface area (Å²) in [4.78, 5) is 11.5. The van der Waals surface area contributed by atoms with E-state index in [0.717, 1.165) is 5.69 Å². The second kappa shape index (κ2) is 3.37. The van der Waals surface area contributed by atoms with Gasteiger partial charge in [-0.2, -0.15) is 0 Å². The van der Waals surface area contributed by atoms with E-state index in [9.17, 15) is 4.79 Å². The van der Waals surface area contributed by atoms with Crippen LogP contribution in [-0.2, 0) is 6.54 Å². The van der Waals surface area contributed by atoms with Gasteiger partial charge in [0.15, 0.2) is 0 Å². The summed E-state index contributed by atoms with van der Waals surface area (Å²) in [5, 5.41) is 3.05. The lowest BCUT2D eigenvalue weighted by Gasteiger charge is -2.09. The number of nitrogens with zero attached hydrogens (tertiary/aromatic N) is 1. The predicted molar refractivity (Wildman–Crippen MR) is 55.4 cm³/mol. The van der Waals surface area contributed by atoms with Gasteiger partial charge in [-0.25, -0.2) is 0 Å². The molecule has 1 aromatic heterocycles. The standard InChI is InChI=1S/C10H9ClN2O/c1-12-10(14)9-8(11)6-7-4-2-3-5-13(7)9/h3-4,6H,5H2,1H3,(H,12,14). The number of hydrogen-bond donors (Lipinski definition) is 1. The van der Waals surface area contributed by atoms with Gasteiger partial charge in [0.05, 0.1) is 10.7 Å². The van der Waals surface area contributed by atoms with Crippen LogP contribution in [0.4, 0.5) is 0 Å². The maximum absolute atomic E-state index is 11.5. The predicted octanol–water partition coefficient (Wildman–Crippen LogP) is 1.68. The van der Waals surface area contributed by atoms with Crippen LogP contribution in [0.25, 0.3) is 6.08 Å².